The predicted octanol–water partition coefficient (Wildman–Crippen LogP) is 3.00. The summed E-state index contributed by atoms with van der Waals surface area (Å²) in [6.07, 6.45) is 0. The first-order chi connectivity index (χ1) is 6.63. The van der Waals surface area contributed by atoms with Gasteiger partial charge in [0.15, 0.2) is 10.6 Å². The lowest BCUT2D eigenvalue weighted by molar-refractivity contribution is 0.590. The molecule has 1 aromatic carbocycles. The van der Waals surface area contributed by atoms with Gasteiger partial charge < -0.3 is 9.55 Å². The zero-order valence-electron chi connectivity index (χ0n) is 7.47. The molecule has 14 heavy (non-hydrogen) atoms. The third-order valence-corrected chi connectivity index (χ3v) is 2.44. The van der Waals surface area contributed by atoms with Gasteiger partial charge in [0.25, 0.3) is 0 Å². The van der Waals surface area contributed by atoms with Crippen molar-refractivity contribution in [2.24, 2.45) is 0 Å². The number of nitrogens with one attached hydrogen (secondary N) is 1. The molecule has 5 heteroatoms. The highest BCUT2D eigenvalue weighted by Crippen LogP contribution is 2.19. The molecule has 0 aliphatic rings. The minimum atomic E-state index is -0.613. The molecular formula is C9H8F2N2S. The number of aryl methyl sites for hydroxylation is 1. The Balaban J connectivity index is 2.95. The highest BCUT2D eigenvalue weighted by Gasteiger charge is 2.09. The number of imidazole rings is 1. The van der Waals surface area contributed by atoms with Crippen LogP contribution in [0, 0.1) is 16.4 Å². The van der Waals surface area contributed by atoms with Gasteiger partial charge in [0, 0.05) is 12.6 Å². The van der Waals surface area contributed by atoms with E-state index in [1.165, 1.54) is 6.07 Å². The summed E-state index contributed by atoms with van der Waals surface area (Å²) in [6, 6.07) is 2.11. The van der Waals surface area contributed by atoms with E-state index in [2.05, 4.69) is 4.98 Å². The molecule has 2 rings (SSSR count). The second-order valence-corrected chi connectivity index (χ2v) is 3.34. The van der Waals surface area contributed by atoms with Crippen LogP contribution in [0.1, 0.15) is 6.92 Å². The molecule has 0 bridgehead atoms. The second-order valence-electron chi connectivity index (χ2n) is 2.96. The third kappa shape index (κ3) is 1.24. The summed E-state index contributed by atoms with van der Waals surface area (Å²) in [7, 11) is 0. The van der Waals surface area contributed by atoms with Crippen molar-refractivity contribution in [1.29, 1.82) is 0 Å². The first-order valence-electron chi connectivity index (χ1n) is 4.21. The highest BCUT2D eigenvalue weighted by atomic mass is 32.1. The van der Waals surface area contributed by atoms with Crippen molar-refractivity contribution in [1.82, 2.24) is 9.55 Å². The molecule has 0 amide bonds. The summed E-state index contributed by atoms with van der Waals surface area (Å²) < 4.78 is 28.2. The van der Waals surface area contributed by atoms with Crippen LogP contribution in [0.5, 0.6) is 0 Å². The van der Waals surface area contributed by atoms with Crippen LogP contribution >= 0.6 is 12.2 Å². The van der Waals surface area contributed by atoms with Gasteiger partial charge in [-0.2, -0.15) is 0 Å². The van der Waals surface area contributed by atoms with E-state index in [9.17, 15) is 8.78 Å². The lowest BCUT2D eigenvalue weighted by atomic mass is 10.3. The number of aromatic nitrogens is 2. The van der Waals surface area contributed by atoms with Crippen LogP contribution in [0.15, 0.2) is 12.1 Å². The SMILES string of the molecule is CCn1c(=S)[nH]c2c(F)cc(F)cc21. The van der Waals surface area contributed by atoms with E-state index < -0.39 is 11.6 Å². The molecule has 0 unspecified atom stereocenters. The molecule has 0 spiro atoms. The molecule has 0 saturated heterocycles. The number of hydrogen-bond donors (Lipinski definition) is 1. The predicted molar refractivity (Wildman–Crippen MR) is 52.7 cm³/mol. The Morgan fingerprint density at radius 3 is 2.79 bits per heavy atom. The van der Waals surface area contributed by atoms with Gasteiger partial charge in [-0.05, 0) is 25.2 Å². The van der Waals surface area contributed by atoms with Crippen LogP contribution in [0.2, 0.25) is 0 Å². The fourth-order valence-corrected chi connectivity index (χ4v) is 1.82. The Bertz CT molecular complexity index is 541. The monoisotopic (exact) mass is 214 g/mol. The van der Waals surface area contributed by atoms with E-state index in [0.717, 1.165) is 6.07 Å². The summed E-state index contributed by atoms with van der Waals surface area (Å²) in [5, 5.41) is 0. The van der Waals surface area contributed by atoms with Crippen LogP contribution in [0.3, 0.4) is 0 Å². The largest absolute Gasteiger partial charge is 0.328 e. The topological polar surface area (TPSA) is 20.7 Å². The lowest BCUT2D eigenvalue weighted by Gasteiger charge is -1.99. The molecule has 0 saturated carbocycles. The molecule has 0 aliphatic carbocycles. The smallest absolute Gasteiger partial charge is 0.178 e. The van der Waals surface area contributed by atoms with E-state index in [1.807, 2.05) is 6.92 Å². The Hall–Kier alpha value is -1.23. The van der Waals surface area contributed by atoms with Crippen LogP contribution < -0.4 is 0 Å². The fourth-order valence-electron chi connectivity index (χ4n) is 1.49. The Labute approximate surface area is 84.2 Å². The van der Waals surface area contributed by atoms with Gasteiger partial charge in [0.1, 0.15) is 11.3 Å². The fraction of sp³-hybridized carbons (Fsp3) is 0.222. The van der Waals surface area contributed by atoms with Gasteiger partial charge in [0.2, 0.25) is 0 Å². The molecule has 2 nitrogen and oxygen atoms in total. The van der Waals surface area contributed by atoms with Gasteiger partial charge in [-0.25, -0.2) is 8.78 Å². The molecule has 0 radical (unpaired) electrons. The average molecular weight is 214 g/mol. The van der Waals surface area contributed by atoms with E-state index in [4.69, 9.17) is 12.2 Å². The zero-order valence-corrected chi connectivity index (χ0v) is 8.29. The number of fused-ring (bicyclic) bond motifs is 1. The minimum absolute atomic E-state index is 0.262. The maximum absolute atomic E-state index is 13.2. The molecule has 0 aliphatic heterocycles. The Morgan fingerprint density at radius 2 is 2.14 bits per heavy atom. The third-order valence-electron chi connectivity index (χ3n) is 2.12. The molecule has 0 fully saturated rings. The summed E-state index contributed by atoms with van der Waals surface area (Å²) in [5.74, 6) is -1.20. The van der Waals surface area contributed by atoms with E-state index in [0.29, 0.717) is 16.8 Å². The standard InChI is InChI=1S/C9H8F2N2S/c1-2-13-7-4-5(10)3-6(11)8(7)12-9(13)14/h3-4H,2H2,1H3,(H,12,14). The quantitative estimate of drug-likeness (QED) is 0.724. The number of hydrogen-bond acceptors (Lipinski definition) is 1. The molecule has 74 valence electrons. The second kappa shape index (κ2) is 3.16. The number of rotatable bonds is 1. The van der Waals surface area contributed by atoms with Crippen molar-refractivity contribution in [3.05, 3.63) is 28.5 Å². The first-order valence-corrected chi connectivity index (χ1v) is 4.62. The number of nitrogens with zero attached hydrogens (tertiary/aromatic N) is 1. The maximum atomic E-state index is 13.2. The molecule has 1 aromatic heterocycles. The van der Waals surface area contributed by atoms with Gasteiger partial charge in [0.05, 0.1) is 5.52 Å². The first kappa shape index (κ1) is 9.33. The zero-order chi connectivity index (χ0) is 10.3. The van der Waals surface area contributed by atoms with Crippen molar-refractivity contribution in [3.8, 4) is 0 Å². The van der Waals surface area contributed by atoms with Crippen LogP contribution in [0.4, 0.5) is 8.78 Å². The molecule has 1 heterocycles. The van der Waals surface area contributed by atoms with Gasteiger partial charge in [-0.15, -0.1) is 0 Å². The van der Waals surface area contributed by atoms with Gasteiger partial charge >= 0.3 is 0 Å². The van der Waals surface area contributed by atoms with Crippen molar-refractivity contribution in [2.45, 2.75) is 13.5 Å². The number of aromatic amines is 1. The van der Waals surface area contributed by atoms with Crippen LogP contribution in [0.25, 0.3) is 11.0 Å². The van der Waals surface area contributed by atoms with Crippen molar-refractivity contribution >= 4 is 23.3 Å². The minimum Gasteiger partial charge on any atom is -0.328 e. The average Bonchev–Trinajstić information content (AvgIpc) is 2.41. The lowest BCUT2D eigenvalue weighted by Crippen LogP contribution is -1.93. The summed E-state index contributed by atoms with van der Waals surface area (Å²) >= 11 is 4.97. The van der Waals surface area contributed by atoms with E-state index >= 15 is 0 Å². The van der Waals surface area contributed by atoms with Crippen molar-refractivity contribution < 1.29 is 8.78 Å². The molecule has 0 atom stereocenters. The van der Waals surface area contributed by atoms with Gasteiger partial charge in [-0.1, -0.05) is 0 Å². The molecule has 2 aromatic rings. The van der Waals surface area contributed by atoms with E-state index in [-0.39, 0.29) is 5.52 Å². The Morgan fingerprint density at radius 1 is 1.43 bits per heavy atom. The number of benzene rings is 1. The van der Waals surface area contributed by atoms with Crippen molar-refractivity contribution in [2.75, 3.05) is 0 Å². The number of halogens is 2. The van der Waals surface area contributed by atoms with Crippen molar-refractivity contribution in [3.63, 3.8) is 0 Å². The van der Waals surface area contributed by atoms with Crippen LogP contribution in [-0.4, -0.2) is 9.55 Å². The normalized spacial score (nSPS) is 11.1. The Kier molecular flexibility index (Phi) is 2.11. The van der Waals surface area contributed by atoms with E-state index in [1.54, 1.807) is 4.57 Å². The molecule has 1 N–H and O–H groups in total. The number of H-pyrrole nitrogens is 1. The summed E-state index contributed by atoms with van der Waals surface area (Å²) in [5.41, 5.74) is 0.730. The summed E-state index contributed by atoms with van der Waals surface area (Å²) in [6.45, 7) is 2.45. The van der Waals surface area contributed by atoms with Crippen LogP contribution in [-0.2, 0) is 6.54 Å². The highest BCUT2D eigenvalue weighted by molar-refractivity contribution is 7.71. The maximum Gasteiger partial charge on any atom is 0.178 e. The summed E-state index contributed by atoms with van der Waals surface area (Å²) in [4.78, 5) is 2.71. The molecular weight excluding hydrogens is 206 g/mol. The van der Waals surface area contributed by atoms with Gasteiger partial charge in [-0.3, -0.25) is 0 Å².